The fourth-order valence-electron chi connectivity index (χ4n) is 1.79. The maximum atomic E-state index is 6.16. The predicted molar refractivity (Wildman–Crippen MR) is 64.9 cm³/mol. The van der Waals surface area contributed by atoms with E-state index in [4.69, 9.17) is 22.1 Å². The first-order valence-corrected chi connectivity index (χ1v) is 5.52. The maximum absolute atomic E-state index is 6.16. The normalized spacial score (nSPS) is 10.5. The highest BCUT2D eigenvalue weighted by molar-refractivity contribution is 6.32. The van der Waals surface area contributed by atoms with Crippen molar-refractivity contribution in [2.75, 3.05) is 13.7 Å². The standard InChI is InChI=1S/C12H18ClNO/c1-8-7-10(5-4-6-14)12(15-3)9(2)11(8)13/h7H,4-6,14H2,1-3H3. The van der Waals surface area contributed by atoms with E-state index in [1.165, 1.54) is 5.56 Å². The van der Waals surface area contributed by atoms with Crippen LogP contribution in [0.4, 0.5) is 0 Å². The number of methoxy groups -OCH3 is 1. The van der Waals surface area contributed by atoms with Crippen molar-refractivity contribution < 1.29 is 4.74 Å². The molecule has 0 saturated carbocycles. The van der Waals surface area contributed by atoms with Crippen molar-refractivity contribution in [3.05, 3.63) is 27.8 Å². The van der Waals surface area contributed by atoms with Crippen LogP contribution in [0, 0.1) is 13.8 Å². The summed E-state index contributed by atoms with van der Waals surface area (Å²) in [6.07, 6.45) is 1.91. The van der Waals surface area contributed by atoms with Crippen LogP contribution in [-0.2, 0) is 6.42 Å². The van der Waals surface area contributed by atoms with E-state index in [1.54, 1.807) is 7.11 Å². The van der Waals surface area contributed by atoms with Gasteiger partial charge >= 0.3 is 0 Å². The molecule has 84 valence electrons. The molecule has 0 atom stereocenters. The molecule has 1 aromatic carbocycles. The molecule has 0 fully saturated rings. The third-order valence-corrected chi connectivity index (χ3v) is 3.13. The van der Waals surface area contributed by atoms with E-state index < -0.39 is 0 Å². The molecule has 0 aromatic heterocycles. The Morgan fingerprint density at radius 1 is 1.40 bits per heavy atom. The van der Waals surface area contributed by atoms with E-state index in [0.29, 0.717) is 6.54 Å². The molecular weight excluding hydrogens is 210 g/mol. The van der Waals surface area contributed by atoms with Gasteiger partial charge in [-0.05, 0) is 44.4 Å². The van der Waals surface area contributed by atoms with Crippen molar-refractivity contribution in [1.82, 2.24) is 0 Å². The lowest BCUT2D eigenvalue weighted by Gasteiger charge is -2.14. The highest BCUT2D eigenvalue weighted by Gasteiger charge is 2.11. The molecule has 0 unspecified atom stereocenters. The molecule has 0 heterocycles. The minimum atomic E-state index is 0.698. The monoisotopic (exact) mass is 227 g/mol. The van der Waals surface area contributed by atoms with Crippen LogP contribution in [-0.4, -0.2) is 13.7 Å². The van der Waals surface area contributed by atoms with E-state index in [9.17, 15) is 0 Å². The molecule has 3 heteroatoms. The van der Waals surface area contributed by atoms with Gasteiger partial charge in [0.15, 0.2) is 0 Å². The van der Waals surface area contributed by atoms with Crippen molar-refractivity contribution >= 4 is 11.6 Å². The van der Waals surface area contributed by atoms with Gasteiger partial charge in [-0.15, -0.1) is 0 Å². The summed E-state index contributed by atoms with van der Waals surface area (Å²) in [7, 11) is 1.68. The van der Waals surface area contributed by atoms with Crippen molar-refractivity contribution in [1.29, 1.82) is 0 Å². The lowest BCUT2D eigenvalue weighted by molar-refractivity contribution is 0.406. The van der Waals surface area contributed by atoms with Gasteiger partial charge in [0.25, 0.3) is 0 Å². The van der Waals surface area contributed by atoms with Crippen LogP contribution < -0.4 is 10.5 Å². The van der Waals surface area contributed by atoms with E-state index in [2.05, 4.69) is 6.07 Å². The summed E-state index contributed by atoms with van der Waals surface area (Å²) in [5, 5.41) is 0.795. The molecule has 0 aliphatic heterocycles. The Kier molecular flexibility index (Phi) is 4.43. The molecule has 0 saturated heterocycles. The Bertz CT molecular complexity index is 350. The average Bonchev–Trinajstić information content (AvgIpc) is 2.23. The molecule has 2 N–H and O–H groups in total. The molecule has 2 nitrogen and oxygen atoms in total. The van der Waals surface area contributed by atoms with Crippen LogP contribution in [0.1, 0.15) is 23.1 Å². The Balaban J connectivity index is 3.13. The van der Waals surface area contributed by atoms with Gasteiger partial charge < -0.3 is 10.5 Å². The number of hydrogen-bond donors (Lipinski definition) is 1. The number of rotatable bonds is 4. The summed E-state index contributed by atoms with van der Waals surface area (Å²) < 4.78 is 5.38. The summed E-state index contributed by atoms with van der Waals surface area (Å²) in [5.41, 5.74) is 8.82. The molecule has 0 aliphatic carbocycles. The van der Waals surface area contributed by atoms with Gasteiger partial charge in [0.05, 0.1) is 12.1 Å². The molecule has 1 aromatic rings. The molecule has 15 heavy (non-hydrogen) atoms. The fraction of sp³-hybridized carbons (Fsp3) is 0.500. The summed E-state index contributed by atoms with van der Waals surface area (Å²) >= 11 is 6.16. The van der Waals surface area contributed by atoms with Crippen molar-refractivity contribution in [3.63, 3.8) is 0 Å². The molecule has 0 radical (unpaired) electrons. The van der Waals surface area contributed by atoms with Gasteiger partial charge in [-0.1, -0.05) is 17.7 Å². The van der Waals surface area contributed by atoms with E-state index in [0.717, 1.165) is 34.7 Å². The van der Waals surface area contributed by atoms with Crippen LogP contribution in [0.15, 0.2) is 6.07 Å². The van der Waals surface area contributed by atoms with Gasteiger partial charge in [-0.3, -0.25) is 0 Å². The summed E-state index contributed by atoms with van der Waals surface area (Å²) in [4.78, 5) is 0. The number of halogens is 1. The Morgan fingerprint density at radius 3 is 2.60 bits per heavy atom. The topological polar surface area (TPSA) is 35.2 Å². The third kappa shape index (κ3) is 2.64. The maximum Gasteiger partial charge on any atom is 0.126 e. The lowest BCUT2D eigenvalue weighted by atomic mass is 10.0. The van der Waals surface area contributed by atoms with Gasteiger partial charge in [-0.2, -0.15) is 0 Å². The van der Waals surface area contributed by atoms with Crippen molar-refractivity contribution in [3.8, 4) is 5.75 Å². The van der Waals surface area contributed by atoms with Crippen molar-refractivity contribution in [2.24, 2.45) is 5.73 Å². The highest BCUT2D eigenvalue weighted by atomic mass is 35.5. The first kappa shape index (κ1) is 12.3. The minimum Gasteiger partial charge on any atom is -0.496 e. The first-order valence-electron chi connectivity index (χ1n) is 5.14. The molecule has 0 amide bonds. The second-order valence-corrected chi connectivity index (χ2v) is 4.10. The molecule has 1 rings (SSSR count). The molecule has 0 aliphatic rings. The van der Waals surface area contributed by atoms with Crippen LogP contribution in [0.2, 0.25) is 5.02 Å². The number of ether oxygens (including phenoxy) is 1. The van der Waals surface area contributed by atoms with Crippen molar-refractivity contribution in [2.45, 2.75) is 26.7 Å². The summed E-state index contributed by atoms with van der Waals surface area (Å²) in [5.74, 6) is 0.902. The van der Waals surface area contributed by atoms with Crippen LogP contribution in [0.5, 0.6) is 5.75 Å². The molecule has 0 bridgehead atoms. The SMILES string of the molecule is COc1c(CCCN)cc(C)c(Cl)c1C. The van der Waals surface area contributed by atoms with E-state index >= 15 is 0 Å². The average molecular weight is 228 g/mol. The quantitative estimate of drug-likeness (QED) is 0.859. The summed E-state index contributed by atoms with van der Waals surface area (Å²) in [6.45, 7) is 4.70. The van der Waals surface area contributed by atoms with Gasteiger partial charge in [0, 0.05) is 5.56 Å². The number of benzene rings is 1. The van der Waals surface area contributed by atoms with Gasteiger partial charge in [-0.25, -0.2) is 0 Å². The minimum absolute atomic E-state index is 0.698. The second kappa shape index (κ2) is 5.38. The smallest absolute Gasteiger partial charge is 0.126 e. The van der Waals surface area contributed by atoms with Crippen LogP contribution in [0.25, 0.3) is 0 Å². The number of aryl methyl sites for hydroxylation is 2. The van der Waals surface area contributed by atoms with E-state index in [1.807, 2.05) is 13.8 Å². The Hall–Kier alpha value is -0.730. The van der Waals surface area contributed by atoms with Gasteiger partial charge in [0.2, 0.25) is 0 Å². The predicted octanol–water partition coefficient (Wildman–Crippen LogP) is 2.86. The first-order chi connectivity index (χ1) is 7.11. The van der Waals surface area contributed by atoms with Gasteiger partial charge in [0.1, 0.15) is 5.75 Å². The number of nitrogens with two attached hydrogens (primary N) is 1. The zero-order chi connectivity index (χ0) is 11.4. The number of hydrogen-bond acceptors (Lipinski definition) is 2. The highest BCUT2D eigenvalue weighted by Crippen LogP contribution is 2.33. The largest absolute Gasteiger partial charge is 0.496 e. The Morgan fingerprint density at radius 2 is 2.07 bits per heavy atom. The van der Waals surface area contributed by atoms with Crippen LogP contribution >= 0.6 is 11.6 Å². The zero-order valence-corrected chi connectivity index (χ0v) is 10.3. The Labute approximate surface area is 96.4 Å². The summed E-state index contributed by atoms with van der Waals surface area (Å²) in [6, 6.07) is 2.09. The molecular formula is C12H18ClNO. The fourth-order valence-corrected chi connectivity index (χ4v) is 1.93. The third-order valence-electron chi connectivity index (χ3n) is 2.55. The zero-order valence-electron chi connectivity index (χ0n) is 9.56. The second-order valence-electron chi connectivity index (χ2n) is 3.72. The molecule has 0 spiro atoms. The lowest BCUT2D eigenvalue weighted by Crippen LogP contribution is -2.03. The van der Waals surface area contributed by atoms with Crippen LogP contribution in [0.3, 0.4) is 0 Å². The van der Waals surface area contributed by atoms with E-state index in [-0.39, 0.29) is 0 Å².